The Labute approximate surface area is 183 Å². The van der Waals surface area contributed by atoms with E-state index in [0.29, 0.717) is 18.9 Å². The average molecular weight is 474 g/mol. The molecule has 0 aliphatic heterocycles. The number of nitrogens with zero attached hydrogens (tertiary/aromatic N) is 3. The molecule has 0 bridgehead atoms. The lowest BCUT2D eigenvalue weighted by atomic mass is 10.1. The Hall–Kier alpha value is -2.87. The summed E-state index contributed by atoms with van der Waals surface area (Å²) in [6.07, 6.45) is 1.51. The van der Waals surface area contributed by atoms with E-state index in [-0.39, 0.29) is 5.69 Å². The van der Waals surface area contributed by atoms with Crippen LogP contribution in [0.3, 0.4) is 0 Å². The monoisotopic (exact) mass is 473 g/mol. The van der Waals surface area contributed by atoms with Gasteiger partial charge < -0.3 is 9.47 Å². The highest BCUT2D eigenvalue weighted by Crippen LogP contribution is 2.25. The zero-order chi connectivity index (χ0) is 21.9. The molecule has 0 saturated heterocycles. The molecular formula is C22H24BrN3O4. The molecule has 0 aliphatic carbocycles. The normalized spacial score (nSPS) is 11.4. The molecule has 0 fully saturated rings. The topological polar surface area (TPSA) is 75.3 Å². The number of carbonyl (C=O) groups is 1. The van der Waals surface area contributed by atoms with Gasteiger partial charge in [-0.3, -0.25) is 0 Å². The first-order valence-electron chi connectivity index (χ1n) is 9.57. The number of hydrogen-bond donors (Lipinski definition) is 0. The highest BCUT2D eigenvalue weighted by molar-refractivity contribution is 9.10. The lowest BCUT2D eigenvalue weighted by molar-refractivity contribution is -0.158. The summed E-state index contributed by atoms with van der Waals surface area (Å²) in [5, 5.41) is 4.23. The largest absolute Gasteiger partial charge is 0.476 e. The van der Waals surface area contributed by atoms with Crippen LogP contribution in [0.15, 0.2) is 58.1 Å². The summed E-state index contributed by atoms with van der Waals surface area (Å²) in [5.41, 5.74) is 1.18. The molecule has 0 spiro atoms. The van der Waals surface area contributed by atoms with Crippen LogP contribution in [0.5, 0.6) is 5.75 Å². The summed E-state index contributed by atoms with van der Waals surface area (Å²) in [7, 11) is 0. The minimum absolute atomic E-state index is 0.223. The Bertz CT molecular complexity index is 1100. The zero-order valence-electron chi connectivity index (χ0n) is 17.4. The third-order valence-electron chi connectivity index (χ3n) is 4.54. The van der Waals surface area contributed by atoms with Crippen molar-refractivity contribution in [3.63, 3.8) is 0 Å². The molecule has 0 saturated carbocycles. The van der Waals surface area contributed by atoms with Crippen LogP contribution < -0.4 is 10.4 Å². The van der Waals surface area contributed by atoms with Crippen LogP contribution in [0.2, 0.25) is 0 Å². The third kappa shape index (κ3) is 4.81. The predicted octanol–water partition coefficient (Wildman–Crippen LogP) is 3.87. The molecule has 8 heteroatoms. The summed E-state index contributed by atoms with van der Waals surface area (Å²) in [4.78, 5) is 24.8. The second kappa shape index (κ2) is 8.87. The Morgan fingerprint density at radius 2 is 1.87 bits per heavy atom. The molecule has 0 N–H and O–H groups in total. The van der Waals surface area contributed by atoms with Crippen LogP contribution in [0.4, 0.5) is 0 Å². The average Bonchev–Trinajstić information content (AvgIpc) is 3.05. The van der Waals surface area contributed by atoms with Gasteiger partial charge in [-0.1, -0.05) is 28.1 Å². The van der Waals surface area contributed by atoms with Crippen molar-refractivity contribution < 1.29 is 14.3 Å². The zero-order valence-corrected chi connectivity index (χ0v) is 19.0. The molecule has 0 unspecified atom stereocenters. The van der Waals surface area contributed by atoms with Gasteiger partial charge in [-0.05, 0) is 69.2 Å². The van der Waals surface area contributed by atoms with Crippen LogP contribution in [-0.2, 0) is 16.1 Å². The fourth-order valence-corrected chi connectivity index (χ4v) is 3.21. The lowest BCUT2D eigenvalue weighted by Gasteiger charge is -2.25. The quantitative estimate of drug-likeness (QED) is 0.486. The van der Waals surface area contributed by atoms with Gasteiger partial charge in [0, 0.05) is 4.47 Å². The summed E-state index contributed by atoms with van der Waals surface area (Å²) in [6.45, 7) is 7.62. The van der Waals surface area contributed by atoms with Crippen molar-refractivity contribution >= 4 is 21.9 Å². The second-order valence-corrected chi connectivity index (χ2v) is 8.27. The van der Waals surface area contributed by atoms with E-state index < -0.39 is 11.6 Å². The summed E-state index contributed by atoms with van der Waals surface area (Å²) in [6, 6.07) is 13.0. The van der Waals surface area contributed by atoms with E-state index in [9.17, 15) is 9.59 Å². The molecule has 30 heavy (non-hydrogen) atoms. The van der Waals surface area contributed by atoms with Crippen molar-refractivity contribution in [1.82, 2.24) is 14.3 Å². The first-order valence-corrected chi connectivity index (χ1v) is 10.4. The molecule has 1 heterocycles. The Morgan fingerprint density at radius 3 is 2.50 bits per heavy atom. The molecule has 1 aromatic heterocycles. The number of rotatable bonds is 7. The molecule has 3 rings (SSSR count). The molecule has 0 amide bonds. The van der Waals surface area contributed by atoms with Crippen molar-refractivity contribution in [2.75, 3.05) is 6.61 Å². The smallest absolute Gasteiger partial charge is 0.350 e. The summed E-state index contributed by atoms with van der Waals surface area (Å²) < 4.78 is 14.8. The molecule has 7 nitrogen and oxygen atoms in total. The highest BCUT2D eigenvalue weighted by atomic mass is 79.9. The molecule has 158 valence electrons. The van der Waals surface area contributed by atoms with E-state index in [1.165, 1.54) is 15.6 Å². The van der Waals surface area contributed by atoms with Gasteiger partial charge in [-0.25, -0.2) is 18.8 Å². The van der Waals surface area contributed by atoms with E-state index in [1.54, 1.807) is 26.8 Å². The van der Waals surface area contributed by atoms with E-state index in [2.05, 4.69) is 21.0 Å². The number of halogens is 1. The van der Waals surface area contributed by atoms with Crippen LogP contribution in [0.25, 0.3) is 5.69 Å². The molecule has 0 aliphatic rings. The van der Waals surface area contributed by atoms with Crippen molar-refractivity contribution in [2.45, 2.75) is 39.8 Å². The number of esters is 1. The number of hydrogen-bond acceptors (Lipinski definition) is 5. The number of aryl methyl sites for hydroxylation is 1. The van der Waals surface area contributed by atoms with Gasteiger partial charge in [-0.15, -0.1) is 0 Å². The van der Waals surface area contributed by atoms with Gasteiger partial charge >= 0.3 is 11.7 Å². The fourth-order valence-electron chi connectivity index (χ4n) is 2.94. The summed E-state index contributed by atoms with van der Waals surface area (Å²) in [5.74, 6) is 0.169. The number of ether oxygens (including phenoxy) is 2. The third-order valence-corrected chi connectivity index (χ3v) is 5.07. The SMILES string of the molecule is CCOC(=O)C(C)(C)Oc1ccc(Cn2ncn(-c3ccc(Br)cc3)c2=O)cc1C. The van der Waals surface area contributed by atoms with Crippen molar-refractivity contribution in [2.24, 2.45) is 0 Å². The first kappa shape index (κ1) is 21.8. The standard InChI is InChI=1S/C22H24BrN3O4/c1-5-29-20(27)22(3,4)30-19-11-6-16(12-15(19)2)13-26-21(28)25(14-24-26)18-9-7-17(23)8-10-18/h6-12,14H,5,13H2,1-4H3. The van der Waals surface area contributed by atoms with Crippen LogP contribution in [-0.4, -0.2) is 32.5 Å². The maximum Gasteiger partial charge on any atom is 0.350 e. The minimum atomic E-state index is -1.09. The van der Waals surface area contributed by atoms with Crippen molar-refractivity contribution in [3.05, 3.63) is 74.9 Å². The van der Waals surface area contributed by atoms with Crippen LogP contribution >= 0.6 is 15.9 Å². The number of benzene rings is 2. The Morgan fingerprint density at radius 1 is 1.17 bits per heavy atom. The molecule has 3 aromatic rings. The first-order chi connectivity index (χ1) is 14.2. The maximum atomic E-state index is 12.7. The van der Waals surface area contributed by atoms with Gasteiger partial charge in [0.05, 0.1) is 18.8 Å². The van der Waals surface area contributed by atoms with Crippen molar-refractivity contribution in [1.29, 1.82) is 0 Å². The number of aromatic nitrogens is 3. The highest BCUT2D eigenvalue weighted by Gasteiger charge is 2.32. The predicted molar refractivity (Wildman–Crippen MR) is 117 cm³/mol. The Balaban J connectivity index is 1.77. The molecular weight excluding hydrogens is 450 g/mol. The molecule has 0 radical (unpaired) electrons. The maximum absolute atomic E-state index is 12.7. The molecule has 0 atom stereocenters. The van der Waals surface area contributed by atoms with Crippen LogP contribution in [0.1, 0.15) is 31.9 Å². The molecule has 2 aromatic carbocycles. The Kier molecular flexibility index (Phi) is 6.45. The van der Waals surface area contributed by atoms with E-state index in [0.717, 1.165) is 21.3 Å². The van der Waals surface area contributed by atoms with E-state index in [1.807, 2.05) is 43.3 Å². The van der Waals surface area contributed by atoms with Crippen LogP contribution in [0, 0.1) is 6.92 Å². The van der Waals surface area contributed by atoms with E-state index in [4.69, 9.17) is 9.47 Å². The minimum Gasteiger partial charge on any atom is -0.476 e. The number of carbonyl (C=O) groups excluding carboxylic acids is 1. The van der Waals surface area contributed by atoms with Gasteiger partial charge in [0.25, 0.3) is 0 Å². The van der Waals surface area contributed by atoms with Gasteiger partial charge in [0.15, 0.2) is 5.60 Å². The van der Waals surface area contributed by atoms with Gasteiger partial charge in [0.1, 0.15) is 12.1 Å². The lowest BCUT2D eigenvalue weighted by Crippen LogP contribution is -2.39. The fraction of sp³-hybridized carbons (Fsp3) is 0.318. The van der Waals surface area contributed by atoms with Gasteiger partial charge in [0.2, 0.25) is 0 Å². The van der Waals surface area contributed by atoms with Crippen molar-refractivity contribution in [3.8, 4) is 11.4 Å². The van der Waals surface area contributed by atoms with Gasteiger partial charge in [-0.2, -0.15) is 5.10 Å². The summed E-state index contributed by atoms with van der Waals surface area (Å²) >= 11 is 3.39. The second-order valence-electron chi connectivity index (χ2n) is 7.35. The van der Waals surface area contributed by atoms with E-state index >= 15 is 0 Å².